The molecule has 0 unspecified atom stereocenters. The molecule has 0 bridgehead atoms. The lowest BCUT2D eigenvalue weighted by Crippen LogP contribution is -2.57. The van der Waals surface area contributed by atoms with Gasteiger partial charge in [-0.3, -0.25) is 14.5 Å². The lowest BCUT2D eigenvalue weighted by Gasteiger charge is -2.41. The number of nitrogens with one attached hydrogen (secondary N) is 1. The Morgan fingerprint density at radius 3 is 2.45 bits per heavy atom. The van der Waals surface area contributed by atoms with E-state index in [9.17, 15) is 35.9 Å². The van der Waals surface area contributed by atoms with Crippen LogP contribution in [0.15, 0.2) is 18.2 Å². The third-order valence-electron chi connectivity index (χ3n) is 5.68. The van der Waals surface area contributed by atoms with E-state index in [0.29, 0.717) is 25.3 Å². The van der Waals surface area contributed by atoms with Gasteiger partial charge in [0.1, 0.15) is 12.6 Å². The lowest BCUT2D eigenvalue weighted by atomic mass is 9.90. The molecule has 33 heavy (non-hydrogen) atoms. The van der Waals surface area contributed by atoms with E-state index < -0.39 is 60.6 Å². The van der Waals surface area contributed by atoms with Crippen LogP contribution in [0.3, 0.4) is 0 Å². The summed E-state index contributed by atoms with van der Waals surface area (Å²) in [4.78, 5) is 26.7. The second-order valence-corrected chi connectivity index (χ2v) is 7.94. The quantitative estimate of drug-likeness (QED) is 0.584. The Kier molecular flexibility index (Phi) is 7.54. The van der Waals surface area contributed by atoms with Crippen LogP contribution in [0.4, 0.5) is 37.7 Å². The monoisotopic (exact) mass is 482 g/mol. The van der Waals surface area contributed by atoms with Gasteiger partial charge in [-0.15, -0.1) is 0 Å². The van der Waals surface area contributed by atoms with Crippen molar-refractivity contribution >= 4 is 23.2 Å². The van der Waals surface area contributed by atoms with E-state index in [1.807, 2.05) is 0 Å². The van der Waals surface area contributed by atoms with E-state index in [-0.39, 0.29) is 25.4 Å². The van der Waals surface area contributed by atoms with Gasteiger partial charge in [0.15, 0.2) is 0 Å². The summed E-state index contributed by atoms with van der Waals surface area (Å²) in [5.74, 6) is -1.58. The van der Waals surface area contributed by atoms with Crippen LogP contribution >= 0.6 is 0 Å². The average Bonchev–Trinajstić information content (AvgIpc) is 2.66. The number of halogens is 6. The molecule has 1 aromatic rings. The SMILES string of the molecule is NC[C@@H](C(=O)Nc1ccc(N2CCOCC2=O)c(C(F)(F)F)c1)N(CC(F)(F)F)C1CCC1. The molecule has 0 aromatic heterocycles. The first-order valence-electron chi connectivity index (χ1n) is 10.3. The number of hydrogen-bond acceptors (Lipinski definition) is 5. The van der Waals surface area contributed by atoms with Gasteiger partial charge in [-0.25, -0.2) is 0 Å². The highest BCUT2D eigenvalue weighted by atomic mass is 19.4. The zero-order valence-electron chi connectivity index (χ0n) is 17.5. The van der Waals surface area contributed by atoms with Crippen molar-refractivity contribution in [3.05, 3.63) is 23.8 Å². The predicted octanol–water partition coefficient (Wildman–Crippen LogP) is 2.75. The molecule has 1 heterocycles. The van der Waals surface area contributed by atoms with E-state index in [1.165, 1.54) is 0 Å². The molecule has 0 spiro atoms. The molecule has 3 N–H and O–H groups in total. The number of rotatable bonds is 7. The molecule has 184 valence electrons. The van der Waals surface area contributed by atoms with Crippen molar-refractivity contribution in [2.75, 3.05) is 43.1 Å². The molecule has 1 saturated carbocycles. The molecule has 13 heteroatoms. The van der Waals surface area contributed by atoms with Crippen molar-refractivity contribution in [2.45, 2.75) is 43.7 Å². The van der Waals surface area contributed by atoms with E-state index in [2.05, 4.69) is 5.32 Å². The fourth-order valence-corrected chi connectivity index (χ4v) is 3.89. The minimum atomic E-state index is -4.85. The van der Waals surface area contributed by atoms with Gasteiger partial charge < -0.3 is 20.7 Å². The second-order valence-electron chi connectivity index (χ2n) is 7.94. The Balaban J connectivity index is 1.85. The van der Waals surface area contributed by atoms with Crippen molar-refractivity contribution < 1.29 is 40.7 Å². The number of anilines is 2. The standard InChI is InChI=1S/C20H24F6N4O3/c21-19(22,23)11-30(13-2-1-3-13)16(9-27)18(32)28-12-4-5-15(14(8-12)20(24,25)26)29-6-7-33-10-17(29)31/h4-5,8,13,16H,1-3,6-7,9-11,27H2,(H,28,32)/t16-/m0/s1. The van der Waals surface area contributed by atoms with Gasteiger partial charge in [-0.2, -0.15) is 26.3 Å². The van der Waals surface area contributed by atoms with Crippen LogP contribution in [0.1, 0.15) is 24.8 Å². The summed E-state index contributed by atoms with van der Waals surface area (Å²) in [5, 5.41) is 2.26. The topological polar surface area (TPSA) is 87.9 Å². The second kappa shape index (κ2) is 9.85. The van der Waals surface area contributed by atoms with Crippen molar-refractivity contribution in [3.8, 4) is 0 Å². The molecule has 0 radical (unpaired) electrons. The first-order chi connectivity index (χ1) is 15.4. The maximum absolute atomic E-state index is 13.7. The van der Waals surface area contributed by atoms with Crippen LogP contribution in [0, 0.1) is 0 Å². The molecule has 2 aliphatic rings. The highest BCUT2D eigenvalue weighted by Gasteiger charge is 2.42. The molecule has 2 fully saturated rings. The Bertz CT molecular complexity index is 872. The zero-order valence-corrected chi connectivity index (χ0v) is 17.5. The molecule has 1 aliphatic heterocycles. The van der Waals surface area contributed by atoms with E-state index in [1.54, 1.807) is 0 Å². The third-order valence-corrected chi connectivity index (χ3v) is 5.68. The number of hydrogen-bond donors (Lipinski definition) is 2. The summed E-state index contributed by atoms with van der Waals surface area (Å²) in [6.45, 7) is -2.15. The minimum absolute atomic E-state index is 0.0654. The predicted molar refractivity (Wildman–Crippen MR) is 106 cm³/mol. The van der Waals surface area contributed by atoms with Crippen molar-refractivity contribution in [3.63, 3.8) is 0 Å². The maximum Gasteiger partial charge on any atom is 0.418 e. The lowest BCUT2D eigenvalue weighted by molar-refractivity contribution is -0.162. The third kappa shape index (κ3) is 6.15. The summed E-state index contributed by atoms with van der Waals surface area (Å²) in [5.41, 5.74) is 3.77. The fraction of sp³-hybridized carbons (Fsp3) is 0.600. The van der Waals surface area contributed by atoms with Crippen LogP contribution in [0.5, 0.6) is 0 Å². The van der Waals surface area contributed by atoms with E-state index in [4.69, 9.17) is 10.5 Å². The van der Waals surface area contributed by atoms with E-state index >= 15 is 0 Å². The molecular formula is C20H24F6N4O3. The van der Waals surface area contributed by atoms with Gasteiger partial charge in [0.25, 0.3) is 5.91 Å². The number of morpholine rings is 1. The number of amides is 2. The van der Waals surface area contributed by atoms with Crippen LogP contribution < -0.4 is 16.0 Å². The van der Waals surface area contributed by atoms with Gasteiger partial charge in [-0.05, 0) is 31.0 Å². The summed E-state index contributed by atoms with van der Waals surface area (Å²) in [6, 6.07) is 1.01. The van der Waals surface area contributed by atoms with Crippen LogP contribution in [-0.4, -0.2) is 67.8 Å². The Labute approximate surface area is 185 Å². The van der Waals surface area contributed by atoms with Crippen molar-refractivity contribution in [1.29, 1.82) is 0 Å². The number of alkyl halides is 6. The Morgan fingerprint density at radius 2 is 1.94 bits per heavy atom. The van der Waals surface area contributed by atoms with Gasteiger partial charge in [0.05, 0.1) is 24.4 Å². The van der Waals surface area contributed by atoms with Crippen LogP contribution in [0.25, 0.3) is 0 Å². The summed E-state index contributed by atoms with van der Waals surface area (Å²) in [7, 11) is 0. The number of nitrogens with two attached hydrogens (primary N) is 1. The maximum atomic E-state index is 13.7. The Hall–Kier alpha value is -2.38. The Morgan fingerprint density at radius 1 is 1.24 bits per heavy atom. The van der Waals surface area contributed by atoms with Crippen molar-refractivity contribution in [1.82, 2.24) is 4.90 Å². The fourth-order valence-electron chi connectivity index (χ4n) is 3.89. The largest absolute Gasteiger partial charge is 0.418 e. The number of ether oxygens (including phenoxy) is 1. The summed E-state index contributed by atoms with van der Waals surface area (Å²) >= 11 is 0. The minimum Gasteiger partial charge on any atom is -0.370 e. The molecule has 2 amide bonds. The van der Waals surface area contributed by atoms with Crippen LogP contribution in [0.2, 0.25) is 0 Å². The first kappa shape index (κ1) is 25.2. The van der Waals surface area contributed by atoms with Crippen molar-refractivity contribution in [2.24, 2.45) is 5.73 Å². The van der Waals surface area contributed by atoms with Gasteiger partial charge in [0, 0.05) is 24.8 Å². The molecule has 3 rings (SSSR count). The summed E-state index contributed by atoms with van der Waals surface area (Å²) in [6.07, 6.45) is -7.76. The number of carbonyl (C=O) groups excluding carboxylic acids is 2. The number of benzene rings is 1. The first-order valence-corrected chi connectivity index (χ1v) is 10.3. The molecular weight excluding hydrogens is 458 g/mol. The highest BCUT2D eigenvalue weighted by Crippen LogP contribution is 2.39. The molecule has 1 saturated heterocycles. The summed E-state index contributed by atoms with van der Waals surface area (Å²) < 4.78 is 85.3. The van der Waals surface area contributed by atoms with Gasteiger partial charge in [0.2, 0.25) is 5.91 Å². The highest BCUT2D eigenvalue weighted by molar-refractivity contribution is 5.98. The number of nitrogens with zero attached hydrogens (tertiary/aromatic N) is 2. The molecule has 1 aromatic carbocycles. The van der Waals surface area contributed by atoms with Gasteiger partial charge in [-0.1, -0.05) is 6.42 Å². The average molecular weight is 482 g/mol. The normalized spacial score (nSPS) is 18.9. The van der Waals surface area contributed by atoms with Crippen LogP contribution in [-0.2, 0) is 20.5 Å². The van der Waals surface area contributed by atoms with Gasteiger partial charge >= 0.3 is 12.4 Å². The smallest absolute Gasteiger partial charge is 0.370 e. The molecule has 1 atom stereocenters. The zero-order chi connectivity index (χ0) is 24.4. The molecule has 7 nitrogen and oxygen atoms in total. The molecule has 1 aliphatic carbocycles. The van der Waals surface area contributed by atoms with E-state index in [0.717, 1.165) is 21.9 Å². The number of carbonyl (C=O) groups is 2.